The molecule has 0 aliphatic rings. The summed E-state index contributed by atoms with van der Waals surface area (Å²) in [5.74, 6) is 2.19. The highest BCUT2D eigenvalue weighted by Gasteiger charge is 2.15. The SMILES string of the molecule is CC(C)c1ccc(Nc2c(-c3ccc(O)cc3)nc3ncccn23)cc1. The van der Waals surface area contributed by atoms with Gasteiger partial charge in [0.15, 0.2) is 0 Å². The van der Waals surface area contributed by atoms with Crippen LogP contribution in [-0.2, 0) is 0 Å². The van der Waals surface area contributed by atoms with Crippen LogP contribution in [0.25, 0.3) is 17.0 Å². The van der Waals surface area contributed by atoms with Crippen LogP contribution < -0.4 is 5.32 Å². The van der Waals surface area contributed by atoms with E-state index in [1.165, 1.54) is 5.56 Å². The number of anilines is 2. The summed E-state index contributed by atoms with van der Waals surface area (Å²) in [6, 6.07) is 17.3. The summed E-state index contributed by atoms with van der Waals surface area (Å²) in [6.07, 6.45) is 3.66. The molecule has 0 radical (unpaired) electrons. The van der Waals surface area contributed by atoms with Crippen molar-refractivity contribution in [1.82, 2.24) is 14.4 Å². The number of phenolic OH excluding ortho intramolecular Hbond substituents is 1. The van der Waals surface area contributed by atoms with Gasteiger partial charge in [0.2, 0.25) is 5.78 Å². The Balaban J connectivity index is 1.79. The zero-order chi connectivity index (χ0) is 18.1. The molecule has 0 fully saturated rings. The number of aromatic nitrogens is 3. The quantitative estimate of drug-likeness (QED) is 0.549. The summed E-state index contributed by atoms with van der Waals surface area (Å²) >= 11 is 0. The van der Waals surface area contributed by atoms with Gasteiger partial charge in [0.05, 0.1) is 0 Å². The molecular formula is C21H20N4O. The van der Waals surface area contributed by atoms with Crippen LogP contribution in [0.1, 0.15) is 25.3 Å². The minimum Gasteiger partial charge on any atom is -0.508 e. The van der Waals surface area contributed by atoms with Gasteiger partial charge in [-0.1, -0.05) is 26.0 Å². The summed E-state index contributed by atoms with van der Waals surface area (Å²) in [6.45, 7) is 4.36. The molecule has 0 aliphatic heterocycles. The Bertz CT molecular complexity index is 1030. The second-order valence-corrected chi connectivity index (χ2v) is 6.55. The summed E-state index contributed by atoms with van der Waals surface area (Å²) in [5, 5.41) is 13.0. The fourth-order valence-corrected chi connectivity index (χ4v) is 2.92. The molecule has 0 saturated carbocycles. The van der Waals surface area contributed by atoms with Crippen molar-refractivity contribution in [3.63, 3.8) is 0 Å². The Hall–Kier alpha value is -3.34. The van der Waals surface area contributed by atoms with E-state index in [9.17, 15) is 5.11 Å². The summed E-state index contributed by atoms with van der Waals surface area (Å²) < 4.78 is 1.93. The third-order valence-corrected chi connectivity index (χ3v) is 4.38. The molecule has 5 heteroatoms. The van der Waals surface area contributed by atoms with Crippen molar-refractivity contribution in [2.24, 2.45) is 0 Å². The number of imidazole rings is 1. The van der Waals surface area contributed by atoms with E-state index in [4.69, 9.17) is 0 Å². The summed E-state index contributed by atoms with van der Waals surface area (Å²) in [7, 11) is 0. The van der Waals surface area contributed by atoms with Crippen LogP contribution >= 0.6 is 0 Å². The van der Waals surface area contributed by atoms with E-state index in [2.05, 4.69) is 53.4 Å². The molecule has 2 aromatic heterocycles. The van der Waals surface area contributed by atoms with Crippen molar-refractivity contribution in [3.8, 4) is 17.0 Å². The minimum absolute atomic E-state index is 0.231. The lowest BCUT2D eigenvalue weighted by molar-refractivity contribution is 0.475. The van der Waals surface area contributed by atoms with Crippen LogP contribution in [-0.4, -0.2) is 19.5 Å². The minimum atomic E-state index is 0.231. The Morgan fingerprint density at radius 3 is 2.42 bits per heavy atom. The third-order valence-electron chi connectivity index (χ3n) is 4.38. The third kappa shape index (κ3) is 2.99. The predicted octanol–water partition coefficient (Wildman–Crippen LogP) is 4.97. The molecule has 4 aromatic rings. The molecule has 0 spiro atoms. The van der Waals surface area contributed by atoms with E-state index in [0.29, 0.717) is 11.7 Å². The number of benzene rings is 2. The first-order valence-electron chi connectivity index (χ1n) is 8.61. The zero-order valence-electron chi connectivity index (χ0n) is 14.7. The Morgan fingerprint density at radius 2 is 1.73 bits per heavy atom. The summed E-state index contributed by atoms with van der Waals surface area (Å²) in [5.41, 5.74) is 3.99. The monoisotopic (exact) mass is 344 g/mol. The zero-order valence-corrected chi connectivity index (χ0v) is 14.7. The van der Waals surface area contributed by atoms with Crippen molar-refractivity contribution in [2.75, 3.05) is 5.32 Å². The number of hydrogen-bond acceptors (Lipinski definition) is 4. The van der Waals surface area contributed by atoms with E-state index in [0.717, 1.165) is 22.8 Å². The molecule has 0 bridgehead atoms. The van der Waals surface area contributed by atoms with Crippen molar-refractivity contribution in [2.45, 2.75) is 19.8 Å². The Labute approximate surface area is 152 Å². The van der Waals surface area contributed by atoms with E-state index in [-0.39, 0.29) is 5.75 Å². The van der Waals surface area contributed by atoms with Gasteiger partial charge < -0.3 is 10.4 Å². The Kier molecular flexibility index (Phi) is 4.05. The molecule has 2 N–H and O–H groups in total. The van der Waals surface area contributed by atoms with Crippen molar-refractivity contribution in [1.29, 1.82) is 0 Å². The maximum Gasteiger partial charge on any atom is 0.235 e. The molecule has 0 saturated heterocycles. The summed E-state index contributed by atoms with van der Waals surface area (Å²) in [4.78, 5) is 9.01. The van der Waals surface area contributed by atoms with Gasteiger partial charge in [-0.15, -0.1) is 0 Å². The molecule has 0 atom stereocenters. The molecule has 4 rings (SSSR count). The van der Waals surface area contributed by atoms with Gasteiger partial charge >= 0.3 is 0 Å². The van der Waals surface area contributed by atoms with Crippen molar-refractivity contribution < 1.29 is 5.11 Å². The molecule has 0 unspecified atom stereocenters. The first-order chi connectivity index (χ1) is 12.6. The smallest absolute Gasteiger partial charge is 0.235 e. The average molecular weight is 344 g/mol. The number of rotatable bonds is 4. The van der Waals surface area contributed by atoms with Crippen LogP contribution in [0.4, 0.5) is 11.5 Å². The van der Waals surface area contributed by atoms with E-state index >= 15 is 0 Å². The van der Waals surface area contributed by atoms with Gasteiger partial charge in [-0.05, 0) is 53.9 Å². The lowest BCUT2D eigenvalue weighted by Crippen LogP contribution is -1.98. The standard InChI is InChI=1S/C21H20N4O/c1-14(2)15-4-8-17(9-5-15)23-20-19(16-6-10-18(26)11-7-16)24-21-22-12-3-13-25(20)21/h3-14,23,26H,1-2H3. The fraction of sp³-hybridized carbons (Fsp3) is 0.143. The van der Waals surface area contributed by atoms with Crippen LogP contribution in [0.5, 0.6) is 5.75 Å². The second-order valence-electron chi connectivity index (χ2n) is 6.55. The molecule has 2 heterocycles. The maximum absolute atomic E-state index is 9.57. The average Bonchev–Trinajstić information content (AvgIpc) is 3.01. The molecule has 5 nitrogen and oxygen atoms in total. The number of hydrogen-bond donors (Lipinski definition) is 2. The number of nitrogens with one attached hydrogen (secondary N) is 1. The van der Waals surface area contributed by atoms with Crippen LogP contribution in [0.3, 0.4) is 0 Å². The largest absolute Gasteiger partial charge is 0.508 e. The number of nitrogens with zero attached hydrogens (tertiary/aromatic N) is 3. The highest BCUT2D eigenvalue weighted by molar-refractivity contribution is 5.79. The molecule has 2 aromatic carbocycles. The number of phenols is 1. The van der Waals surface area contributed by atoms with E-state index in [1.807, 2.05) is 28.8 Å². The Morgan fingerprint density at radius 1 is 1.00 bits per heavy atom. The van der Waals surface area contributed by atoms with Gasteiger partial charge in [0.25, 0.3) is 0 Å². The maximum atomic E-state index is 9.57. The normalized spacial score (nSPS) is 11.2. The highest BCUT2D eigenvalue weighted by Crippen LogP contribution is 2.31. The first kappa shape index (κ1) is 16.1. The van der Waals surface area contributed by atoms with Crippen molar-refractivity contribution in [3.05, 3.63) is 72.6 Å². The number of fused-ring (bicyclic) bond motifs is 1. The van der Waals surface area contributed by atoms with Crippen LogP contribution in [0, 0.1) is 0 Å². The van der Waals surface area contributed by atoms with Gasteiger partial charge in [-0.25, -0.2) is 9.97 Å². The lowest BCUT2D eigenvalue weighted by atomic mass is 10.0. The second kappa shape index (κ2) is 6.52. The van der Waals surface area contributed by atoms with E-state index < -0.39 is 0 Å². The molecule has 26 heavy (non-hydrogen) atoms. The van der Waals surface area contributed by atoms with Gasteiger partial charge in [0.1, 0.15) is 17.3 Å². The van der Waals surface area contributed by atoms with E-state index in [1.54, 1.807) is 18.3 Å². The number of aromatic hydroxyl groups is 1. The highest BCUT2D eigenvalue weighted by atomic mass is 16.3. The topological polar surface area (TPSA) is 62.5 Å². The van der Waals surface area contributed by atoms with Crippen LogP contribution in [0.15, 0.2) is 67.0 Å². The molecule has 0 amide bonds. The lowest BCUT2D eigenvalue weighted by Gasteiger charge is -2.11. The molecular weight excluding hydrogens is 324 g/mol. The predicted molar refractivity (Wildman–Crippen MR) is 104 cm³/mol. The molecule has 130 valence electrons. The van der Waals surface area contributed by atoms with Gasteiger partial charge in [-0.2, -0.15) is 0 Å². The fourth-order valence-electron chi connectivity index (χ4n) is 2.92. The first-order valence-corrected chi connectivity index (χ1v) is 8.61. The molecule has 0 aliphatic carbocycles. The van der Waals surface area contributed by atoms with Gasteiger partial charge in [-0.3, -0.25) is 4.40 Å². The van der Waals surface area contributed by atoms with Crippen molar-refractivity contribution >= 4 is 17.3 Å². The van der Waals surface area contributed by atoms with Gasteiger partial charge in [0, 0.05) is 23.6 Å². The van der Waals surface area contributed by atoms with Crippen LogP contribution in [0.2, 0.25) is 0 Å².